The molecule has 0 spiro atoms. The van der Waals surface area contributed by atoms with Gasteiger partial charge in [-0.2, -0.15) is 0 Å². The zero-order valence-corrected chi connectivity index (χ0v) is 10.3. The molecule has 0 amide bonds. The minimum atomic E-state index is 0.433. The van der Waals surface area contributed by atoms with E-state index in [1.807, 2.05) is 25.4 Å². The normalized spacial score (nSPS) is 12.8. The van der Waals surface area contributed by atoms with Crippen LogP contribution in [0, 0.1) is 0 Å². The molecule has 1 unspecified atom stereocenters. The number of aromatic nitrogens is 3. The first-order valence-electron chi connectivity index (χ1n) is 5.85. The van der Waals surface area contributed by atoms with Crippen LogP contribution in [0.15, 0.2) is 29.0 Å². The Balaban J connectivity index is 1.69. The van der Waals surface area contributed by atoms with Gasteiger partial charge >= 0.3 is 0 Å². The van der Waals surface area contributed by atoms with E-state index in [1.165, 1.54) is 0 Å². The molecule has 17 heavy (non-hydrogen) atoms. The van der Waals surface area contributed by atoms with Gasteiger partial charge in [-0.1, -0.05) is 5.21 Å². The lowest BCUT2D eigenvalue weighted by atomic mass is 10.1. The van der Waals surface area contributed by atoms with Gasteiger partial charge in [0.05, 0.1) is 12.0 Å². The molecule has 2 aromatic rings. The number of furan rings is 1. The number of rotatable bonds is 6. The van der Waals surface area contributed by atoms with Gasteiger partial charge in [0.1, 0.15) is 5.76 Å². The quantitative estimate of drug-likeness (QED) is 0.823. The molecular formula is C12H18N4O. The molecule has 2 rings (SSSR count). The van der Waals surface area contributed by atoms with Crippen molar-refractivity contribution in [2.24, 2.45) is 7.05 Å². The second kappa shape index (κ2) is 5.63. The van der Waals surface area contributed by atoms with Gasteiger partial charge in [0.2, 0.25) is 0 Å². The Morgan fingerprint density at radius 1 is 1.53 bits per heavy atom. The van der Waals surface area contributed by atoms with Crippen LogP contribution in [0.1, 0.15) is 24.8 Å². The lowest BCUT2D eigenvalue weighted by molar-refractivity contribution is 0.458. The summed E-state index contributed by atoms with van der Waals surface area (Å²) in [5.74, 6) is 1.04. The van der Waals surface area contributed by atoms with Gasteiger partial charge in [-0.25, -0.2) is 0 Å². The predicted octanol–water partition coefficient (Wildman–Crippen LogP) is 1.52. The molecule has 0 fully saturated rings. The van der Waals surface area contributed by atoms with Crippen LogP contribution >= 0.6 is 0 Å². The molecule has 0 bridgehead atoms. The van der Waals surface area contributed by atoms with Crippen molar-refractivity contribution in [3.63, 3.8) is 0 Å². The molecule has 5 heteroatoms. The lowest BCUT2D eigenvalue weighted by Crippen LogP contribution is -2.26. The Morgan fingerprint density at radius 3 is 3.06 bits per heavy atom. The molecule has 0 saturated carbocycles. The molecule has 2 heterocycles. The number of hydrogen-bond acceptors (Lipinski definition) is 4. The SMILES string of the molecule is CC(CCc1ccco1)NCc1cn(C)nn1. The first-order valence-corrected chi connectivity index (χ1v) is 5.85. The van der Waals surface area contributed by atoms with Crippen molar-refractivity contribution in [2.75, 3.05) is 0 Å². The van der Waals surface area contributed by atoms with E-state index >= 15 is 0 Å². The fraction of sp³-hybridized carbons (Fsp3) is 0.500. The maximum Gasteiger partial charge on any atom is 0.103 e. The molecule has 0 saturated heterocycles. The third kappa shape index (κ3) is 3.71. The van der Waals surface area contributed by atoms with Gasteiger partial charge in [-0.3, -0.25) is 4.68 Å². The van der Waals surface area contributed by atoms with Crippen LogP contribution in [-0.4, -0.2) is 21.0 Å². The molecule has 0 aliphatic heterocycles. The van der Waals surface area contributed by atoms with E-state index in [2.05, 4.69) is 22.6 Å². The average Bonchev–Trinajstić information content (AvgIpc) is 2.95. The number of hydrogen-bond donors (Lipinski definition) is 1. The van der Waals surface area contributed by atoms with E-state index < -0.39 is 0 Å². The monoisotopic (exact) mass is 234 g/mol. The fourth-order valence-electron chi connectivity index (χ4n) is 1.67. The summed E-state index contributed by atoms with van der Waals surface area (Å²) < 4.78 is 7.01. The van der Waals surface area contributed by atoms with Crippen molar-refractivity contribution < 1.29 is 4.42 Å². The van der Waals surface area contributed by atoms with Crippen molar-refractivity contribution in [1.82, 2.24) is 20.3 Å². The van der Waals surface area contributed by atoms with Crippen LogP contribution in [0.3, 0.4) is 0 Å². The Morgan fingerprint density at radius 2 is 2.41 bits per heavy atom. The first kappa shape index (κ1) is 11.9. The lowest BCUT2D eigenvalue weighted by Gasteiger charge is -2.11. The van der Waals surface area contributed by atoms with Crippen LogP contribution in [0.4, 0.5) is 0 Å². The smallest absolute Gasteiger partial charge is 0.103 e. The molecule has 5 nitrogen and oxygen atoms in total. The van der Waals surface area contributed by atoms with Gasteiger partial charge in [0, 0.05) is 32.3 Å². The summed E-state index contributed by atoms with van der Waals surface area (Å²) in [6.45, 7) is 2.92. The van der Waals surface area contributed by atoms with E-state index in [9.17, 15) is 0 Å². The number of nitrogens with zero attached hydrogens (tertiary/aromatic N) is 3. The highest BCUT2D eigenvalue weighted by molar-refractivity contribution is 4.98. The number of aryl methyl sites for hydroxylation is 2. The Kier molecular flexibility index (Phi) is 3.93. The summed E-state index contributed by atoms with van der Waals surface area (Å²) >= 11 is 0. The van der Waals surface area contributed by atoms with E-state index in [-0.39, 0.29) is 0 Å². The Bertz CT molecular complexity index is 435. The largest absolute Gasteiger partial charge is 0.469 e. The molecule has 1 atom stereocenters. The summed E-state index contributed by atoms with van der Waals surface area (Å²) in [6, 6.07) is 4.37. The highest BCUT2D eigenvalue weighted by Crippen LogP contribution is 2.06. The van der Waals surface area contributed by atoms with Crippen molar-refractivity contribution in [2.45, 2.75) is 32.4 Å². The van der Waals surface area contributed by atoms with E-state index in [4.69, 9.17) is 4.42 Å². The van der Waals surface area contributed by atoms with Crippen LogP contribution < -0.4 is 5.32 Å². The molecule has 0 aromatic carbocycles. The molecule has 0 radical (unpaired) electrons. The molecule has 0 aliphatic carbocycles. The van der Waals surface area contributed by atoms with E-state index in [0.29, 0.717) is 6.04 Å². The van der Waals surface area contributed by atoms with Crippen molar-refractivity contribution in [3.8, 4) is 0 Å². The minimum absolute atomic E-state index is 0.433. The fourth-order valence-corrected chi connectivity index (χ4v) is 1.67. The van der Waals surface area contributed by atoms with Gasteiger partial charge in [-0.15, -0.1) is 5.10 Å². The highest BCUT2D eigenvalue weighted by Gasteiger charge is 2.05. The maximum atomic E-state index is 5.30. The van der Waals surface area contributed by atoms with Gasteiger partial charge in [-0.05, 0) is 25.5 Å². The van der Waals surface area contributed by atoms with Gasteiger partial charge in [0.25, 0.3) is 0 Å². The second-order valence-corrected chi connectivity index (χ2v) is 4.28. The van der Waals surface area contributed by atoms with Crippen molar-refractivity contribution >= 4 is 0 Å². The first-order chi connectivity index (χ1) is 8.24. The number of nitrogens with one attached hydrogen (secondary N) is 1. The summed E-state index contributed by atoms with van der Waals surface area (Å²) in [6.07, 6.45) is 5.65. The zero-order chi connectivity index (χ0) is 12.1. The van der Waals surface area contributed by atoms with Crippen LogP contribution in [0.2, 0.25) is 0 Å². The van der Waals surface area contributed by atoms with Crippen molar-refractivity contribution in [1.29, 1.82) is 0 Å². The van der Waals surface area contributed by atoms with Gasteiger partial charge < -0.3 is 9.73 Å². The molecule has 2 aromatic heterocycles. The highest BCUT2D eigenvalue weighted by atomic mass is 16.3. The Hall–Kier alpha value is -1.62. The molecular weight excluding hydrogens is 216 g/mol. The third-order valence-corrected chi connectivity index (χ3v) is 2.69. The predicted molar refractivity (Wildman–Crippen MR) is 64.3 cm³/mol. The molecule has 92 valence electrons. The topological polar surface area (TPSA) is 55.9 Å². The van der Waals surface area contributed by atoms with Gasteiger partial charge in [0.15, 0.2) is 0 Å². The Labute approximate surface area is 101 Å². The summed E-state index contributed by atoms with van der Waals surface area (Å²) in [5.41, 5.74) is 0.970. The van der Waals surface area contributed by atoms with E-state index in [0.717, 1.165) is 30.8 Å². The second-order valence-electron chi connectivity index (χ2n) is 4.28. The summed E-state index contributed by atoms with van der Waals surface area (Å²) in [7, 11) is 1.87. The third-order valence-electron chi connectivity index (χ3n) is 2.69. The van der Waals surface area contributed by atoms with Crippen LogP contribution in [0.5, 0.6) is 0 Å². The minimum Gasteiger partial charge on any atom is -0.469 e. The zero-order valence-electron chi connectivity index (χ0n) is 10.3. The summed E-state index contributed by atoms with van der Waals surface area (Å²) in [4.78, 5) is 0. The van der Waals surface area contributed by atoms with Crippen LogP contribution in [0.25, 0.3) is 0 Å². The van der Waals surface area contributed by atoms with E-state index in [1.54, 1.807) is 10.9 Å². The molecule has 0 aliphatic rings. The average molecular weight is 234 g/mol. The van der Waals surface area contributed by atoms with Crippen molar-refractivity contribution in [3.05, 3.63) is 36.0 Å². The summed E-state index contributed by atoms with van der Waals surface area (Å²) in [5, 5.41) is 11.3. The molecule has 1 N–H and O–H groups in total. The maximum absolute atomic E-state index is 5.30. The standard InChI is InChI=1S/C12H18N4O/c1-10(5-6-12-4-3-7-17-12)13-8-11-9-16(2)15-14-11/h3-4,7,9-10,13H,5-6,8H2,1-2H3. The van der Waals surface area contributed by atoms with Crippen LogP contribution in [-0.2, 0) is 20.0 Å².